The maximum Gasteiger partial charge on any atom is 0.273 e. The van der Waals surface area contributed by atoms with Crippen LogP contribution < -0.4 is 9.47 Å². The monoisotopic (exact) mass is 566 g/mol. The number of thiazole rings is 1. The molecule has 0 saturated carbocycles. The molecule has 210 valence electrons. The Morgan fingerprint density at radius 1 is 1.00 bits per heavy atom. The van der Waals surface area contributed by atoms with E-state index in [-0.39, 0.29) is 5.91 Å². The van der Waals surface area contributed by atoms with Crippen LogP contribution in [0.3, 0.4) is 0 Å². The number of benzene rings is 3. The van der Waals surface area contributed by atoms with Crippen molar-refractivity contribution in [2.24, 2.45) is 0 Å². The molecule has 5 aromatic rings. The molecule has 3 aromatic carbocycles. The van der Waals surface area contributed by atoms with Crippen molar-refractivity contribution in [1.82, 2.24) is 19.8 Å². The van der Waals surface area contributed by atoms with Crippen LogP contribution in [-0.4, -0.2) is 53.0 Å². The average Bonchev–Trinajstić information content (AvgIpc) is 3.66. The molecule has 0 aliphatic carbocycles. The fourth-order valence-corrected chi connectivity index (χ4v) is 6.37. The van der Waals surface area contributed by atoms with E-state index in [4.69, 9.17) is 14.5 Å². The fraction of sp³-hybridized carbons (Fsp3) is 0.273. The minimum atomic E-state index is 0.00386. The first-order chi connectivity index (χ1) is 20.1. The SMILES string of the molecule is COc1ccc(CN(CCc2c[nH]c3ccccc23)Cc2nc(C(=O)N3CCc4ccccc4C3)cs2)c(OC)c1. The number of para-hydroxylation sites is 1. The third kappa shape index (κ3) is 5.99. The number of nitrogens with one attached hydrogen (secondary N) is 1. The number of nitrogens with zero attached hydrogens (tertiary/aromatic N) is 3. The number of rotatable bonds is 10. The van der Waals surface area contributed by atoms with Crippen molar-refractivity contribution in [2.45, 2.75) is 32.5 Å². The highest BCUT2D eigenvalue weighted by Gasteiger charge is 2.24. The second-order valence-corrected chi connectivity index (χ2v) is 11.3. The van der Waals surface area contributed by atoms with Crippen molar-refractivity contribution in [3.8, 4) is 11.5 Å². The van der Waals surface area contributed by atoms with Crippen molar-refractivity contribution in [3.63, 3.8) is 0 Å². The van der Waals surface area contributed by atoms with E-state index in [2.05, 4.69) is 64.6 Å². The third-order valence-electron chi connectivity index (χ3n) is 7.81. The van der Waals surface area contributed by atoms with Crippen molar-refractivity contribution >= 4 is 28.1 Å². The minimum Gasteiger partial charge on any atom is -0.497 e. The second-order valence-electron chi connectivity index (χ2n) is 10.4. The molecule has 0 unspecified atom stereocenters. The van der Waals surface area contributed by atoms with Gasteiger partial charge >= 0.3 is 0 Å². The number of aromatic amines is 1. The third-order valence-corrected chi connectivity index (χ3v) is 8.64. The number of carbonyl (C=O) groups is 1. The summed E-state index contributed by atoms with van der Waals surface area (Å²) in [5.41, 5.74) is 6.59. The van der Waals surface area contributed by atoms with E-state index in [1.165, 1.54) is 22.1 Å². The van der Waals surface area contributed by atoms with Gasteiger partial charge in [-0.2, -0.15) is 0 Å². The minimum absolute atomic E-state index is 0.00386. The lowest BCUT2D eigenvalue weighted by atomic mass is 10.00. The first-order valence-corrected chi connectivity index (χ1v) is 14.8. The van der Waals surface area contributed by atoms with Gasteiger partial charge in [-0.25, -0.2) is 4.98 Å². The van der Waals surface area contributed by atoms with E-state index < -0.39 is 0 Å². The van der Waals surface area contributed by atoms with E-state index in [0.29, 0.717) is 25.3 Å². The van der Waals surface area contributed by atoms with Crippen molar-refractivity contribution < 1.29 is 14.3 Å². The molecule has 0 radical (unpaired) electrons. The summed E-state index contributed by atoms with van der Waals surface area (Å²) in [6, 6.07) is 22.7. The first kappa shape index (κ1) is 27.1. The summed E-state index contributed by atoms with van der Waals surface area (Å²) < 4.78 is 11.1. The molecule has 41 heavy (non-hydrogen) atoms. The molecule has 0 saturated heterocycles. The van der Waals surface area contributed by atoms with E-state index in [9.17, 15) is 4.79 Å². The van der Waals surface area contributed by atoms with E-state index in [1.807, 2.05) is 28.5 Å². The van der Waals surface area contributed by atoms with E-state index in [0.717, 1.165) is 53.5 Å². The zero-order valence-electron chi connectivity index (χ0n) is 23.4. The molecule has 0 spiro atoms. The number of carbonyl (C=O) groups excluding carboxylic acids is 1. The molecule has 8 heteroatoms. The summed E-state index contributed by atoms with van der Waals surface area (Å²) in [6.45, 7) is 3.50. The predicted molar refractivity (Wildman–Crippen MR) is 163 cm³/mol. The Balaban J connectivity index is 1.20. The van der Waals surface area contributed by atoms with Crippen LogP contribution >= 0.6 is 11.3 Å². The molecule has 0 bridgehead atoms. The summed E-state index contributed by atoms with van der Waals surface area (Å²) in [7, 11) is 3.35. The molecule has 1 N–H and O–H groups in total. The van der Waals surface area contributed by atoms with Crippen LogP contribution in [0, 0.1) is 0 Å². The lowest BCUT2D eigenvalue weighted by Crippen LogP contribution is -2.36. The second kappa shape index (κ2) is 12.2. The van der Waals surface area contributed by atoms with Gasteiger partial charge in [-0.3, -0.25) is 9.69 Å². The van der Waals surface area contributed by atoms with Crippen molar-refractivity contribution in [2.75, 3.05) is 27.3 Å². The van der Waals surface area contributed by atoms with Gasteiger partial charge in [0.2, 0.25) is 0 Å². The smallest absolute Gasteiger partial charge is 0.273 e. The molecule has 0 fully saturated rings. The largest absolute Gasteiger partial charge is 0.497 e. The number of hydrogen-bond acceptors (Lipinski definition) is 6. The lowest BCUT2D eigenvalue weighted by Gasteiger charge is -2.28. The van der Waals surface area contributed by atoms with Gasteiger partial charge < -0.3 is 19.4 Å². The van der Waals surface area contributed by atoms with Crippen LogP contribution in [0.5, 0.6) is 11.5 Å². The maximum atomic E-state index is 13.4. The Morgan fingerprint density at radius 2 is 1.83 bits per heavy atom. The number of H-pyrrole nitrogens is 1. The number of amides is 1. The molecule has 3 heterocycles. The lowest BCUT2D eigenvalue weighted by molar-refractivity contribution is 0.0729. The Bertz CT molecular complexity index is 1660. The topological polar surface area (TPSA) is 70.7 Å². The molecule has 1 aliphatic heterocycles. The molecule has 7 nitrogen and oxygen atoms in total. The summed E-state index contributed by atoms with van der Waals surface area (Å²) in [5, 5.41) is 4.08. The zero-order chi connectivity index (χ0) is 28.2. The Kier molecular flexibility index (Phi) is 8.02. The van der Waals surface area contributed by atoms with Gasteiger partial charge in [-0.05, 0) is 41.7 Å². The number of fused-ring (bicyclic) bond motifs is 2. The average molecular weight is 567 g/mol. The highest BCUT2D eigenvalue weighted by molar-refractivity contribution is 7.09. The van der Waals surface area contributed by atoms with Gasteiger partial charge in [-0.15, -0.1) is 11.3 Å². The predicted octanol–water partition coefficient (Wildman–Crippen LogP) is 6.09. The van der Waals surface area contributed by atoms with Gasteiger partial charge in [0.15, 0.2) is 0 Å². The van der Waals surface area contributed by atoms with Crippen LogP contribution in [0.15, 0.2) is 78.3 Å². The quantitative estimate of drug-likeness (QED) is 0.222. The number of ether oxygens (including phenoxy) is 2. The van der Waals surface area contributed by atoms with Gasteiger partial charge in [0.05, 0.1) is 20.8 Å². The fourth-order valence-electron chi connectivity index (χ4n) is 5.56. The highest BCUT2D eigenvalue weighted by Crippen LogP contribution is 2.28. The number of aromatic nitrogens is 2. The van der Waals surface area contributed by atoms with Gasteiger partial charge in [0.1, 0.15) is 22.2 Å². The van der Waals surface area contributed by atoms with E-state index in [1.54, 1.807) is 25.6 Å². The molecule has 0 atom stereocenters. The zero-order valence-corrected chi connectivity index (χ0v) is 24.2. The van der Waals surface area contributed by atoms with Crippen molar-refractivity contribution in [3.05, 3.63) is 111 Å². The van der Waals surface area contributed by atoms with Crippen LogP contribution in [-0.2, 0) is 32.5 Å². The first-order valence-electron chi connectivity index (χ1n) is 13.9. The molecule has 1 aliphatic rings. The van der Waals surface area contributed by atoms with Crippen LogP contribution in [0.25, 0.3) is 10.9 Å². The Labute approximate surface area is 244 Å². The highest BCUT2D eigenvalue weighted by atomic mass is 32.1. The Hall–Kier alpha value is -4.14. The van der Waals surface area contributed by atoms with Crippen LogP contribution in [0.4, 0.5) is 0 Å². The summed E-state index contributed by atoms with van der Waals surface area (Å²) in [6.07, 6.45) is 3.87. The number of methoxy groups -OCH3 is 2. The van der Waals surface area contributed by atoms with Crippen LogP contribution in [0.1, 0.15) is 37.7 Å². The number of hydrogen-bond donors (Lipinski definition) is 1. The summed E-state index contributed by atoms with van der Waals surface area (Å²) >= 11 is 1.55. The molecule has 1 amide bonds. The van der Waals surface area contributed by atoms with Gasteiger partial charge in [0, 0.05) is 60.3 Å². The molecular weight excluding hydrogens is 532 g/mol. The molecule has 6 rings (SSSR count). The summed E-state index contributed by atoms with van der Waals surface area (Å²) in [5.74, 6) is 1.56. The summed E-state index contributed by atoms with van der Waals surface area (Å²) in [4.78, 5) is 25.9. The maximum absolute atomic E-state index is 13.4. The Morgan fingerprint density at radius 3 is 2.68 bits per heavy atom. The van der Waals surface area contributed by atoms with Crippen LogP contribution in [0.2, 0.25) is 0 Å². The molecular formula is C33H34N4O3S. The molecule has 2 aromatic heterocycles. The normalized spacial score (nSPS) is 13.0. The van der Waals surface area contributed by atoms with Gasteiger partial charge in [-0.1, -0.05) is 48.5 Å². The van der Waals surface area contributed by atoms with Crippen molar-refractivity contribution in [1.29, 1.82) is 0 Å². The van der Waals surface area contributed by atoms with E-state index >= 15 is 0 Å². The standard InChI is InChI=1S/C33H34N4O3S/c1-39-27-12-11-26(31(17-27)40-2)19-36(15-13-24-18-34-29-10-6-5-9-28(24)29)21-32-35-30(22-41-32)33(38)37-16-14-23-7-3-4-8-25(23)20-37/h3-12,17-18,22,34H,13-16,19-21H2,1-2H3. The van der Waals surface area contributed by atoms with Gasteiger partial charge in [0.25, 0.3) is 5.91 Å².